The Bertz CT molecular complexity index is 1300. The quantitative estimate of drug-likeness (QED) is 0.220. The van der Waals surface area contributed by atoms with Crippen LogP contribution in [0, 0.1) is 17.8 Å². The van der Waals surface area contributed by atoms with Crippen LogP contribution in [-0.4, -0.2) is 71.4 Å². The van der Waals surface area contributed by atoms with E-state index < -0.39 is 69.4 Å². The molecule has 1 aromatic carbocycles. The molecule has 6 atom stereocenters. The van der Waals surface area contributed by atoms with Gasteiger partial charge in [0.15, 0.2) is 9.75 Å². The maximum Gasteiger partial charge on any atom is 0.305 e. The third kappa shape index (κ3) is 3.52. The fourth-order valence-electron chi connectivity index (χ4n) is 6.34. The number of fused-ring (bicyclic) bond motifs is 4. The second kappa shape index (κ2) is 8.97. The van der Waals surface area contributed by atoms with Crippen LogP contribution >= 0.6 is 50.7 Å². The number of rotatable bonds is 5. The number of allylic oxidation sites excluding steroid dienone is 2. The minimum absolute atomic E-state index is 0.0853. The van der Waals surface area contributed by atoms with Crippen molar-refractivity contribution in [1.82, 2.24) is 9.80 Å². The molecule has 2 heterocycles. The van der Waals surface area contributed by atoms with Crippen LogP contribution in [0.1, 0.15) is 30.7 Å². The van der Waals surface area contributed by atoms with Gasteiger partial charge in [-0.2, -0.15) is 0 Å². The van der Waals surface area contributed by atoms with Gasteiger partial charge in [0.1, 0.15) is 5.75 Å². The highest BCUT2D eigenvalue weighted by Crippen LogP contribution is 2.66. The molecule has 196 valence electrons. The number of alkyl halides is 3. The zero-order valence-corrected chi connectivity index (χ0v) is 22.9. The van der Waals surface area contributed by atoms with E-state index in [2.05, 4.69) is 15.9 Å². The number of carboxylic acids is 1. The van der Waals surface area contributed by atoms with Crippen LogP contribution in [0.25, 0.3) is 0 Å². The zero-order chi connectivity index (χ0) is 27.0. The second-order valence-corrected chi connectivity index (χ2v) is 11.8. The molecule has 3 fully saturated rings. The van der Waals surface area contributed by atoms with E-state index in [1.54, 1.807) is 6.08 Å². The number of benzene rings is 1. The molecule has 4 aliphatic rings. The van der Waals surface area contributed by atoms with Gasteiger partial charge in [0, 0.05) is 17.5 Å². The number of carboxylic acid groups (broad SMARTS) is 1. The van der Waals surface area contributed by atoms with Crippen molar-refractivity contribution in [3.8, 4) is 5.75 Å². The molecule has 13 heteroatoms. The number of carbonyl (C=O) groups excluding carboxylic acids is 4. The first-order valence-corrected chi connectivity index (χ1v) is 13.7. The van der Waals surface area contributed by atoms with Crippen LogP contribution < -0.4 is 0 Å². The molecular formula is C24H20BrCl3N2O7. The Balaban J connectivity index is 1.68. The Labute approximate surface area is 234 Å². The molecule has 0 radical (unpaired) electrons. The summed E-state index contributed by atoms with van der Waals surface area (Å²) in [6.45, 7) is -0.268. The van der Waals surface area contributed by atoms with E-state index in [9.17, 15) is 29.1 Å². The van der Waals surface area contributed by atoms with Crippen molar-refractivity contribution in [3.63, 3.8) is 0 Å². The van der Waals surface area contributed by atoms with Gasteiger partial charge < -0.3 is 10.2 Å². The summed E-state index contributed by atoms with van der Waals surface area (Å²) >= 11 is 23.8. The van der Waals surface area contributed by atoms with Crippen molar-refractivity contribution in [2.75, 3.05) is 12.0 Å². The van der Waals surface area contributed by atoms with Crippen molar-refractivity contribution >= 4 is 80.3 Å². The Morgan fingerprint density at radius 2 is 1.78 bits per heavy atom. The molecule has 0 unspecified atom stereocenters. The highest BCUT2D eigenvalue weighted by molar-refractivity contribution is 9.09. The van der Waals surface area contributed by atoms with Crippen molar-refractivity contribution < 1.29 is 34.2 Å². The van der Waals surface area contributed by atoms with Gasteiger partial charge >= 0.3 is 5.97 Å². The van der Waals surface area contributed by atoms with Crippen molar-refractivity contribution in [2.24, 2.45) is 17.8 Å². The third-order valence-corrected chi connectivity index (χ3v) is 10.2. The zero-order valence-electron chi connectivity index (χ0n) is 19.0. The minimum Gasteiger partial charge on any atom is -0.508 e. The predicted molar refractivity (Wildman–Crippen MR) is 135 cm³/mol. The van der Waals surface area contributed by atoms with E-state index in [0.717, 1.165) is 9.80 Å². The molecule has 0 bridgehead atoms. The summed E-state index contributed by atoms with van der Waals surface area (Å²) in [5.41, 5.74) is 0.740. The number of carbonyl (C=O) groups is 5. The number of aromatic hydroxyl groups is 1. The van der Waals surface area contributed by atoms with E-state index in [1.807, 2.05) is 0 Å². The van der Waals surface area contributed by atoms with Gasteiger partial charge in [-0.05, 0) is 36.5 Å². The normalized spacial score (nSPS) is 34.9. The number of phenols is 1. The molecule has 2 aliphatic heterocycles. The molecular weight excluding hydrogens is 615 g/mol. The van der Waals surface area contributed by atoms with Crippen LogP contribution in [0.4, 0.5) is 0 Å². The highest BCUT2D eigenvalue weighted by Gasteiger charge is 2.76. The largest absolute Gasteiger partial charge is 0.508 e. The fourth-order valence-corrected chi connectivity index (χ4v) is 8.04. The average molecular weight is 635 g/mol. The van der Waals surface area contributed by atoms with E-state index in [-0.39, 0.29) is 35.6 Å². The number of hydrogen-bond acceptors (Lipinski definition) is 6. The number of aliphatic carboxylic acids is 1. The van der Waals surface area contributed by atoms with Crippen LogP contribution in [0.3, 0.4) is 0 Å². The van der Waals surface area contributed by atoms with Crippen LogP contribution in [0.5, 0.6) is 5.75 Å². The molecule has 1 aromatic rings. The number of amides is 4. The van der Waals surface area contributed by atoms with E-state index in [4.69, 9.17) is 39.9 Å². The number of halogens is 4. The summed E-state index contributed by atoms with van der Waals surface area (Å²) in [6.07, 6.45) is 1.33. The van der Waals surface area contributed by atoms with Crippen LogP contribution in [-0.2, 0) is 24.0 Å². The summed E-state index contributed by atoms with van der Waals surface area (Å²) < 4.78 is 0. The lowest BCUT2D eigenvalue weighted by molar-refractivity contribution is -0.143. The van der Waals surface area contributed by atoms with Gasteiger partial charge in [-0.25, -0.2) is 0 Å². The Hall–Kier alpha value is -2.14. The molecule has 2 saturated heterocycles. The molecule has 0 spiro atoms. The monoisotopic (exact) mass is 632 g/mol. The molecule has 9 nitrogen and oxygen atoms in total. The van der Waals surface area contributed by atoms with Gasteiger partial charge in [-0.1, -0.05) is 45.2 Å². The summed E-state index contributed by atoms with van der Waals surface area (Å²) in [5, 5.41) is 19.1. The first kappa shape index (κ1) is 26.5. The maximum absolute atomic E-state index is 13.6. The van der Waals surface area contributed by atoms with E-state index >= 15 is 0 Å². The third-order valence-electron chi connectivity index (χ3n) is 7.95. The first-order chi connectivity index (χ1) is 17.4. The second-order valence-electron chi connectivity index (χ2n) is 9.66. The van der Waals surface area contributed by atoms with Gasteiger partial charge in [0.2, 0.25) is 11.8 Å². The number of imide groups is 2. The number of nitrogens with zero attached hydrogens (tertiary/aromatic N) is 2. The standard InChI is InChI=1S/C24H20BrCl3N2O7/c25-9-30-21(36)23(27)8-14-11(3-4-13-17(14)20(35)29(19(13)34)6-5-16(32)33)18(24(23,28)22(30)37)12-2-1-10(31)7-15(12)26/h1-3,7,13-14,17-18,31H,4-6,8-9H2,(H,32,33)/t13-,14+,17-,18+,23+,24-/m0/s1. The molecule has 37 heavy (non-hydrogen) atoms. The Kier molecular flexibility index (Phi) is 6.41. The predicted octanol–water partition coefficient (Wildman–Crippen LogP) is 3.23. The maximum atomic E-state index is 13.6. The highest BCUT2D eigenvalue weighted by atomic mass is 79.9. The van der Waals surface area contributed by atoms with Crippen molar-refractivity contribution in [1.29, 1.82) is 0 Å². The van der Waals surface area contributed by atoms with Crippen molar-refractivity contribution in [3.05, 3.63) is 40.4 Å². The summed E-state index contributed by atoms with van der Waals surface area (Å²) in [7, 11) is 0. The number of hydrogen-bond donors (Lipinski definition) is 2. The Morgan fingerprint density at radius 1 is 1.08 bits per heavy atom. The number of likely N-dealkylation sites (tertiary alicyclic amines) is 2. The molecule has 2 N–H and O–H groups in total. The molecule has 4 amide bonds. The van der Waals surface area contributed by atoms with Gasteiger partial charge in [-0.15, -0.1) is 23.2 Å². The lowest BCUT2D eigenvalue weighted by atomic mass is 9.56. The van der Waals surface area contributed by atoms with Gasteiger partial charge in [0.25, 0.3) is 11.8 Å². The van der Waals surface area contributed by atoms with E-state index in [1.165, 1.54) is 18.2 Å². The SMILES string of the molecule is O=C(O)CCN1C(=O)[C@H]2[C@H](CC=C3[C@H]2C[C@@]2(Cl)C(=O)N(CBr)C(=O)[C@@]2(Cl)[C@H]3c2ccc(O)cc2Cl)C1=O. The summed E-state index contributed by atoms with van der Waals surface area (Å²) in [6, 6.07) is 4.15. The summed E-state index contributed by atoms with van der Waals surface area (Å²) in [4.78, 5) is 62.8. The van der Waals surface area contributed by atoms with Crippen LogP contribution in [0.15, 0.2) is 29.8 Å². The lowest BCUT2D eigenvalue weighted by Gasteiger charge is -2.51. The Morgan fingerprint density at radius 3 is 2.41 bits per heavy atom. The topological polar surface area (TPSA) is 132 Å². The fraction of sp³-hybridized carbons (Fsp3) is 0.458. The first-order valence-electron chi connectivity index (χ1n) is 11.4. The van der Waals surface area contributed by atoms with E-state index in [0.29, 0.717) is 11.1 Å². The summed E-state index contributed by atoms with van der Waals surface area (Å²) in [5.74, 6) is -7.19. The van der Waals surface area contributed by atoms with Gasteiger partial charge in [-0.3, -0.25) is 33.8 Å². The van der Waals surface area contributed by atoms with Crippen molar-refractivity contribution in [2.45, 2.75) is 34.9 Å². The smallest absolute Gasteiger partial charge is 0.305 e. The molecule has 5 rings (SSSR count). The minimum atomic E-state index is -2.00. The van der Waals surface area contributed by atoms with Gasteiger partial charge in [0.05, 0.1) is 23.7 Å². The average Bonchev–Trinajstić information content (AvgIpc) is 3.16. The lowest BCUT2D eigenvalue weighted by Crippen LogP contribution is -2.60. The number of phenolic OH excluding ortho intramolecular Hbond substituents is 1. The molecule has 2 aliphatic carbocycles. The molecule has 0 aromatic heterocycles. The van der Waals surface area contributed by atoms with Crippen LogP contribution in [0.2, 0.25) is 5.02 Å². The molecule has 1 saturated carbocycles.